The summed E-state index contributed by atoms with van der Waals surface area (Å²) in [7, 11) is 0. The molecule has 0 saturated carbocycles. The van der Waals surface area contributed by atoms with Gasteiger partial charge in [0.1, 0.15) is 0 Å². The fourth-order valence-electron chi connectivity index (χ4n) is 2.49. The lowest BCUT2D eigenvalue weighted by molar-refractivity contribution is 0.103. The number of carbonyl (C=O) groups is 1. The summed E-state index contributed by atoms with van der Waals surface area (Å²) in [5.74, 6) is 0.0584. The van der Waals surface area contributed by atoms with Gasteiger partial charge < -0.3 is 5.73 Å². The number of nitrogen functional groups attached to an aromatic ring is 1. The molecule has 2 aromatic rings. The first-order valence-corrected chi connectivity index (χ1v) is 5.69. The van der Waals surface area contributed by atoms with Gasteiger partial charge >= 0.3 is 0 Å². The van der Waals surface area contributed by atoms with E-state index in [9.17, 15) is 4.79 Å². The van der Waals surface area contributed by atoms with Crippen molar-refractivity contribution in [2.24, 2.45) is 0 Å². The number of anilines is 1. The molecule has 0 unspecified atom stereocenters. The number of ketones is 1. The molecule has 2 aromatic carbocycles. The SMILES string of the molecule is Cc1ccc(N)c2c1Cc1ccccc1C2=O. The summed E-state index contributed by atoms with van der Waals surface area (Å²) in [6, 6.07) is 11.6. The predicted molar refractivity (Wildman–Crippen MR) is 68.3 cm³/mol. The minimum atomic E-state index is 0.0584. The third-order valence-electron chi connectivity index (χ3n) is 3.44. The van der Waals surface area contributed by atoms with Crippen molar-refractivity contribution in [3.05, 3.63) is 64.2 Å². The molecule has 1 aliphatic carbocycles. The maximum atomic E-state index is 12.4. The molecular formula is C15H13NO. The molecule has 0 fully saturated rings. The van der Waals surface area contributed by atoms with E-state index in [2.05, 4.69) is 0 Å². The lowest BCUT2D eigenvalue weighted by Gasteiger charge is -2.21. The Morgan fingerprint density at radius 2 is 1.88 bits per heavy atom. The normalized spacial score (nSPS) is 13.1. The van der Waals surface area contributed by atoms with Gasteiger partial charge in [0.25, 0.3) is 0 Å². The molecule has 0 aromatic heterocycles. The van der Waals surface area contributed by atoms with Gasteiger partial charge in [-0.1, -0.05) is 30.3 Å². The van der Waals surface area contributed by atoms with Gasteiger partial charge in [0, 0.05) is 16.8 Å². The molecule has 2 N–H and O–H groups in total. The fourth-order valence-corrected chi connectivity index (χ4v) is 2.49. The molecule has 0 saturated heterocycles. The summed E-state index contributed by atoms with van der Waals surface area (Å²) in [6.45, 7) is 2.03. The molecule has 84 valence electrons. The highest BCUT2D eigenvalue weighted by molar-refractivity contribution is 6.15. The summed E-state index contributed by atoms with van der Waals surface area (Å²) >= 11 is 0. The second kappa shape index (κ2) is 3.45. The molecule has 0 amide bonds. The quantitative estimate of drug-likeness (QED) is 0.595. The van der Waals surface area contributed by atoms with E-state index in [0.29, 0.717) is 11.3 Å². The lowest BCUT2D eigenvalue weighted by Crippen LogP contribution is -2.18. The van der Waals surface area contributed by atoms with Crippen molar-refractivity contribution in [3.63, 3.8) is 0 Å². The second-order valence-electron chi connectivity index (χ2n) is 4.49. The van der Waals surface area contributed by atoms with Crippen LogP contribution in [0.4, 0.5) is 5.69 Å². The molecule has 0 heterocycles. The maximum absolute atomic E-state index is 12.4. The Kier molecular flexibility index (Phi) is 2.05. The van der Waals surface area contributed by atoms with E-state index in [1.165, 1.54) is 0 Å². The van der Waals surface area contributed by atoms with Crippen molar-refractivity contribution >= 4 is 11.5 Å². The average molecular weight is 223 g/mol. The smallest absolute Gasteiger partial charge is 0.195 e. The van der Waals surface area contributed by atoms with E-state index in [4.69, 9.17) is 5.73 Å². The van der Waals surface area contributed by atoms with Gasteiger partial charge in [-0.15, -0.1) is 0 Å². The Morgan fingerprint density at radius 3 is 2.71 bits per heavy atom. The first kappa shape index (κ1) is 10.1. The first-order valence-electron chi connectivity index (χ1n) is 5.69. The number of nitrogens with two attached hydrogens (primary N) is 1. The molecule has 0 bridgehead atoms. The van der Waals surface area contributed by atoms with Gasteiger partial charge in [0.15, 0.2) is 5.78 Å². The maximum Gasteiger partial charge on any atom is 0.195 e. The molecule has 2 nitrogen and oxygen atoms in total. The second-order valence-corrected chi connectivity index (χ2v) is 4.49. The molecule has 0 aliphatic heterocycles. The topological polar surface area (TPSA) is 43.1 Å². The van der Waals surface area contributed by atoms with Crippen LogP contribution in [0.25, 0.3) is 0 Å². The number of benzene rings is 2. The van der Waals surface area contributed by atoms with E-state index in [1.54, 1.807) is 0 Å². The van der Waals surface area contributed by atoms with Crippen LogP contribution in [0.15, 0.2) is 36.4 Å². The molecule has 0 spiro atoms. The van der Waals surface area contributed by atoms with Gasteiger partial charge in [-0.2, -0.15) is 0 Å². The van der Waals surface area contributed by atoms with Crippen LogP contribution < -0.4 is 5.73 Å². The Balaban J connectivity index is 2.30. The van der Waals surface area contributed by atoms with Crippen LogP contribution in [-0.4, -0.2) is 5.78 Å². The summed E-state index contributed by atoms with van der Waals surface area (Å²) in [5, 5.41) is 0. The Bertz CT molecular complexity index is 629. The van der Waals surface area contributed by atoms with Crippen LogP contribution >= 0.6 is 0 Å². The molecule has 1 aliphatic rings. The highest BCUT2D eigenvalue weighted by Gasteiger charge is 2.25. The van der Waals surface area contributed by atoms with Gasteiger partial charge in [-0.3, -0.25) is 4.79 Å². The highest BCUT2D eigenvalue weighted by atomic mass is 16.1. The third kappa shape index (κ3) is 1.37. The fraction of sp³-hybridized carbons (Fsp3) is 0.133. The standard InChI is InChI=1S/C15H13NO/c1-9-6-7-13(16)14-12(9)8-10-4-2-3-5-11(10)15(14)17/h2-7H,8,16H2,1H3. The van der Waals surface area contributed by atoms with Crippen molar-refractivity contribution in [3.8, 4) is 0 Å². The highest BCUT2D eigenvalue weighted by Crippen LogP contribution is 2.32. The van der Waals surface area contributed by atoms with Crippen molar-refractivity contribution < 1.29 is 4.79 Å². The van der Waals surface area contributed by atoms with Gasteiger partial charge in [-0.05, 0) is 36.1 Å². The lowest BCUT2D eigenvalue weighted by atomic mass is 9.82. The van der Waals surface area contributed by atoms with Crippen LogP contribution in [0.5, 0.6) is 0 Å². The summed E-state index contributed by atoms with van der Waals surface area (Å²) in [4.78, 5) is 12.4. The average Bonchev–Trinajstić information content (AvgIpc) is 2.34. The Labute approximate surface area is 100 Å². The van der Waals surface area contributed by atoms with E-state index in [-0.39, 0.29) is 5.78 Å². The Hall–Kier alpha value is -2.09. The zero-order valence-electron chi connectivity index (χ0n) is 9.66. The van der Waals surface area contributed by atoms with E-state index in [1.807, 2.05) is 43.3 Å². The minimum Gasteiger partial charge on any atom is -0.398 e. The Morgan fingerprint density at radius 1 is 1.12 bits per heavy atom. The number of hydrogen-bond acceptors (Lipinski definition) is 2. The summed E-state index contributed by atoms with van der Waals surface area (Å²) in [5.41, 5.74) is 11.3. The third-order valence-corrected chi connectivity index (χ3v) is 3.44. The summed E-state index contributed by atoms with van der Waals surface area (Å²) < 4.78 is 0. The molecule has 3 rings (SSSR count). The van der Waals surface area contributed by atoms with Crippen molar-refractivity contribution in [1.82, 2.24) is 0 Å². The van der Waals surface area contributed by atoms with Crippen molar-refractivity contribution in [2.75, 3.05) is 5.73 Å². The molecular weight excluding hydrogens is 210 g/mol. The molecule has 0 radical (unpaired) electrons. The van der Waals surface area contributed by atoms with Crippen molar-refractivity contribution in [2.45, 2.75) is 13.3 Å². The zero-order valence-corrected chi connectivity index (χ0v) is 9.66. The number of hydrogen-bond donors (Lipinski definition) is 1. The van der Waals surface area contributed by atoms with Gasteiger partial charge in [-0.25, -0.2) is 0 Å². The zero-order chi connectivity index (χ0) is 12.0. The first-order chi connectivity index (χ1) is 8.18. The minimum absolute atomic E-state index is 0.0584. The number of rotatable bonds is 0. The van der Waals surface area contributed by atoms with Crippen molar-refractivity contribution in [1.29, 1.82) is 0 Å². The predicted octanol–water partition coefficient (Wildman–Crippen LogP) is 2.71. The molecule has 17 heavy (non-hydrogen) atoms. The number of fused-ring (bicyclic) bond motifs is 2. The number of aryl methyl sites for hydroxylation is 1. The van der Waals surface area contributed by atoms with Gasteiger partial charge in [0.05, 0.1) is 0 Å². The van der Waals surface area contributed by atoms with Gasteiger partial charge in [0.2, 0.25) is 0 Å². The summed E-state index contributed by atoms with van der Waals surface area (Å²) in [6.07, 6.45) is 0.800. The van der Waals surface area contributed by atoms with Crippen LogP contribution in [0.3, 0.4) is 0 Å². The van der Waals surface area contributed by atoms with E-state index >= 15 is 0 Å². The van der Waals surface area contributed by atoms with Crippen LogP contribution in [0, 0.1) is 6.92 Å². The van der Waals surface area contributed by atoms with Crippen LogP contribution in [0.2, 0.25) is 0 Å². The van der Waals surface area contributed by atoms with E-state index in [0.717, 1.165) is 28.7 Å². The monoisotopic (exact) mass is 223 g/mol. The molecule has 2 heteroatoms. The largest absolute Gasteiger partial charge is 0.398 e. The van der Waals surface area contributed by atoms with E-state index < -0.39 is 0 Å². The number of carbonyl (C=O) groups excluding carboxylic acids is 1. The molecule has 0 atom stereocenters. The van der Waals surface area contributed by atoms with Crippen LogP contribution in [0.1, 0.15) is 32.6 Å². The van der Waals surface area contributed by atoms with Crippen LogP contribution in [-0.2, 0) is 6.42 Å².